The van der Waals surface area contributed by atoms with Crippen LogP contribution in [0.5, 0.6) is 0 Å². The third-order valence-electron chi connectivity index (χ3n) is 4.75. The Morgan fingerprint density at radius 2 is 1.77 bits per heavy atom. The fourth-order valence-electron chi connectivity index (χ4n) is 3.15. The van der Waals surface area contributed by atoms with Gasteiger partial charge < -0.3 is 19.9 Å². The molecule has 3 fully saturated rings. The second-order valence-corrected chi connectivity index (χ2v) is 6.13. The first-order chi connectivity index (χ1) is 10.3. The van der Waals surface area contributed by atoms with E-state index in [0.717, 1.165) is 51.6 Å². The van der Waals surface area contributed by atoms with Crippen molar-refractivity contribution >= 4 is 35.8 Å². The fraction of sp³-hybridized carbons (Fsp3) is 0.867. The number of amides is 1. The highest BCUT2D eigenvalue weighted by atomic mass is 127. The summed E-state index contributed by atoms with van der Waals surface area (Å²) in [6.45, 7) is 3.97. The van der Waals surface area contributed by atoms with Gasteiger partial charge in [0.2, 0.25) is 0 Å². The Hall–Kier alpha value is -0.570. The highest BCUT2D eigenvalue weighted by Crippen LogP contribution is 2.19. The summed E-state index contributed by atoms with van der Waals surface area (Å²) in [5.74, 6) is 1.16. The third kappa shape index (κ3) is 4.04. The van der Waals surface area contributed by atoms with Crippen LogP contribution in [-0.2, 0) is 9.53 Å². The van der Waals surface area contributed by atoms with E-state index in [1.165, 1.54) is 19.3 Å². The Kier molecular flexibility index (Phi) is 6.73. The van der Waals surface area contributed by atoms with Crippen molar-refractivity contribution in [3.63, 3.8) is 0 Å². The van der Waals surface area contributed by atoms with Crippen LogP contribution in [0.1, 0.15) is 32.1 Å². The lowest BCUT2D eigenvalue weighted by Gasteiger charge is -2.39. The molecule has 0 radical (unpaired) electrons. The van der Waals surface area contributed by atoms with Crippen molar-refractivity contribution in [2.24, 2.45) is 4.99 Å². The predicted molar refractivity (Wildman–Crippen MR) is 96.7 cm³/mol. The Bertz CT molecular complexity index is 400. The van der Waals surface area contributed by atoms with Gasteiger partial charge in [0.1, 0.15) is 6.10 Å². The monoisotopic (exact) mass is 422 g/mol. The lowest BCUT2D eigenvalue weighted by Crippen LogP contribution is -2.57. The van der Waals surface area contributed by atoms with Gasteiger partial charge in [-0.15, -0.1) is 24.0 Å². The number of carbonyl (C=O) groups is 1. The van der Waals surface area contributed by atoms with Crippen LogP contribution in [-0.4, -0.2) is 73.6 Å². The number of nitrogens with zero attached hydrogens (tertiary/aromatic N) is 3. The van der Waals surface area contributed by atoms with Crippen molar-refractivity contribution in [2.75, 3.05) is 39.8 Å². The molecular formula is C15H27IN4O2. The minimum absolute atomic E-state index is 0. The lowest BCUT2D eigenvalue weighted by atomic mass is 9.93. The van der Waals surface area contributed by atoms with Gasteiger partial charge in [-0.05, 0) is 32.1 Å². The largest absolute Gasteiger partial charge is 0.368 e. The number of nitrogens with one attached hydrogen (secondary N) is 1. The molecule has 3 aliphatic rings. The van der Waals surface area contributed by atoms with Gasteiger partial charge in [0.05, 0.1) is 0 Å². The Labute approximate surface area is 149 Å². The molecule has 3 rings (SSSR count). The number of aliphatic imine (C=N–C) groups is 1. The first-order valence-electron chi connectivity index (χ1n) is 8.16. The predicted octanol–water partition coefficient (Wildman–Crippen LogP) is 1.06. The van der Waals surface area contributed by atoms with Gasteiger partial charge in [-0.3, -0.25) is 9.79 Å². The molecule has 1 saturated carbocycles. The summed E-state index contributed by atoms with van der Waals surface area (Å²) in [6.07, 6.45) is 5.51. The van der Waals surface area contributed by atoms with Crippen LogP contribution in [0.15, 0.2) is 4.99 Å². The van der Waals surface area contributed by atoms with Crippen molar-refractivity contribution in [3.8, 4) is 0 Å². The first kappa shape index (κ1) is 17.8. The highest BCUT2D eigenvalue weighted by Gasteiger charge is 2.31. The van der Waals surface area contributed by atoms with Gasteiger partial charge in [-0.1, -0.05) is 0 Å². The number of halogens is 1. The van der Waals surface area contributed by atoms with E-state index in [4.69, 9.17) is 4.74 Å². The zero-order chi connectivity index (χ0) is 14.7. The van der Waals surface area contributed by atoms with Crippen LogP contribution >= 0.6 is 24.0 Å². The summed E-state index contributed by atoms with van der Waals surface area (Å²) in [4.78, 5) is 20.9. The fourth-order valence-corrected chi connectivity index (χ4v) is 3.15. The van der Waals surface area contributed by atoms with Crippen LogP contribution in [0, 0.1) is 0 Å². The van der Waals surface area contributed by atoms with Crippen molar-refractivity contribution in [2.45, 2.75) is 44.2 Å². The first-order valence-corrected chi connectivity index (χ1v) is 8.16. The molecule has 6 nitrogen and oxygen atoms in total. The summed E-state index contributed by atoms with van der Waals surface area (Å²) in [6, 6.07) is 0.593. The van der Waals surface area contributed by atoms with E-state index in [0.29, 0.717) is 6.04 Å². The zero-order valence-corrected chi connectivity index (χ0v) is 15.6. The summed E-state index contributed by atoms with van der Waals surface area (Å²) < 4.78 is 5.50. The van der Waals surface area contributed by atoms with Crippen molar-refractivity contribution in [3.05, 3.63) is 0 Å². The molecule has 7 heteroatoms. The van der Waals surface area contributed by atoms with Gasteiger partial charge in [0.15, 0.2) is 5.96 Å². The Balaban J connectivity index is 0.00000176. The molecular weight excluding hydrogens is 395 g/mol. The molecule has 0 bridgehead atoms. The molecule has 1 aliphatic carbocycles. The number of guanidine groups is 1. The number of rotatable bonds is 2. The minimum Gasteiger partial charge on any atom is -0.368 e. The normalized spacial score (nSPS) is 26.4. The molecule has 1 atom stereocenters. The summed E-state index contributed by atoms with van der Waals surface area (Å²) in [7, 11) is 1.84. The van der Waals surface area contributed by atoms with E-state index in [-0.39, 0.29) is 36.0 Å². The van der Waals surface area contributed by atoms with Crippen molar-refractivity contribution < 1.29 is 9.53 Å². The maximum atomic E-state index is 12.3. The van der Waals surface area contributed by atoms with Gasteiger partial charge in [0.25, 0.3) is 5.91 Å². The number of carbonyl (C=O) groups excluding carboxylic acids is 1. The van der Waals surface area contributed by atoms with E-state index >= 15 is 0 Å². The number of hydrogen-bond acceptors (Lipinski definition) is 3. The SMILES string of the molecule is CN=C(NC1CCC1)N1CCN(C(=O)C2CCCO2)CC1.I. The molecule has 2 saturated heterocycles. The molecule has 126 valence electrons. The average Bonchev–Trinajstić information content (AvgIpc) is 3.00. The van der Waals surface area contributed by atoms with Crippen LogP contribution in [0.2, 0.25) is 0 Å². The molecule has 1 unspecified atom stereocenters. The van der Waals surface area contributed by atoms with Gasteiger partial charge in [0, 0.05) is 45.9 Å². The zero-order valence-electron chi connectivity index (χ0n) is 13.3. The van der Waals surface area contributed by atoms with Gasteiger partial charge in [-0.2, -0.15) is 0 Å². The second kappa shape index (κ2) is 8.33. The molecule has 0 aromatic carbocycles. The third-order valence-corrected chi connectivity index (χ3v) is 4.75. The number of ether oxygens (including phenoxy) is 1. The summed E-state index contributed by atoms with van der Waals surface area (Å²) >= 11 is 0. The Morgan fingerprint density at radius 3 is 2.27 bits per heavy atom. The molecule has 0 spiro atoms. The van der Waals surface area contributed by atoms with Gasteiger partial charge in [-0.25, -0.2) is 0 Å². The van der Waals surface area contributed by atoms with E-state index in [1.807, 2.05) is 11.9 Å². The smallest absolute Gasteiger partial charge is 0.251 e. The molecule has 2 aliphatic heterocycles. The van der Waals surface area contributed by atoms with Crippen LogP contribution in [0.4, 0.5) is 0 Å². The van der Waals surface area contributed by atoms with Crippen molar-refractivity contribution in [1.82, 2.24) is 15.1 Å². The number of piperazine rings is 1. The molecule has 1 N–H and O–H groups in total. The number of hydrogen-bond donors (Lipinski definition) is 1. The van der Waals surface area contributed by atoms with E-state index in [2.05, 4.69) is 15.2 Å². The molecule has 1 amide bonds. The van der Waals surface area contributed by atoms with E-state index in [1.54, 1.807) is 0 Å². The van der Waals surface area contributed by atoms with Crippen LogP contribution in [0.25, 0.3) is 0 Å². The van der Waals surface area contributed by atoms with E-state index in [9.17, 15) is 4.79 Å². The van der Waals surface area contributed by atoms with E-state index < -0.39 is 0 Å². The lowest BCUT2D eigenvalue weighted by molar-refractivity contribution is -0.142. The molecule has 22 heavy (non-hydrogen) atoms. The highest BCUT2D eigenvalue weighted by molar-refractivity contribution is 14.0. The quantitative estimate of drug-likeness (QED) is 0.411. The Morgan fingerprint density at radius 1 is 1.09 bits per heavy atom. The average molecular weight is 422 g/mol. The maximum Gasteiger partial charge on any atom is 0.251 e. The maximum absolute atomic E-state index is 12.3. The summed E-state index contributed by atoms with van der Waals surface area (Å²) in [5, 5.41) is 3.52. The minimum atomic E-state index is -0.191. The topological polar surface area (TPSA) is 57.2 Å². The van der Waals surface area contributed by atoms with Crippen molar-refractivity contribution in [1.29, 1.82) is 0 Å². The molecule has 0 aromatic rings. The van der Waals surface area contributed by atoms with Crippen LogP contribution < -0.4 is 5.32 Å². The molecule has 0 aromatic heterocycles. The summed E-state index contributed by atoms with van der Waals surface area (Å²) in [5.41, 5.74) is 0. The van der Waals surface area contributed by atoms with Gasteiger partial charge >= 0.3 is 0 Å². The standard InChI is InChI=1S/C15H26N4O2.HI/c1-16-15(17-12-4-2-5-12)19-9-7-18(8-10-19)14(20)13-6-3-11-21-13;/h12-13H,2-11H2,1H3,(H,16,17);1H. The molecule has 2 heterocycles. The van der Waals surface area contributed by atoms with Crippen LogP contribution in [0.3, 0.4) is 0 Å². The second-order valence-electron chi connectivity index (χ2n) is 6.13.